The van der Waals surface area contributed by atoms with Gasteiger partial charge in [0, 0.05) is 24.8 Å². The van der Waals surface area contributed by atoms with Crippen LogP contribution in [0.5, 0.6) is 0 Å². The summed E-state index contributed by atoms with van der Waals surface area (Å²) in [6, 6.07) is 6.44. The summed E-state index contributed by atoms with van der Waals surface area (Å²) in [6.45, 7) is 0. The molecule has 0 N–H and O–H groups in total. The molecule has 0 saturated carbocycles. The lowest BCUT2D eigenvalue weighted by Crippen LogP contribution is -1.89. The molecule has 0 aromatic heterocycles. The largest absolute Gasteiger partial charge is 0.323 e. The van der Waals surface area contributed by atoms with Gasteiger partial charge in [-0.1, -0.05) is 12.1 Å². The van der Waals surface area contributed by atoms with E-state index in [1.165, 1.54) is 6.07 Å². The number of benzene rings is 1. The quantitative estimate of drug-likeness (QED) is 0.345. The molecular weight excluding hydrogens is 150 g/mol. The molecule has 1 aromatic rings. The Bertz CT molecular complexity index is 262. The van der Waals surface area contributed by atoms with E-state index in [1.807, 2.05) is 0 Å². The van der Waals surface area contributed by atoms with E-state index in [1.54, 1.807) is 18.2 Å². The maximum absolute atomic E-state index is 10.2. The molecule has 0 spiro atoms. The molecule has 0 radical (unpaired) electrons. The van der Waals surface area contributed by atoms with Crippen molar-refractivity contribution in [3.05, 3.63) is 34.4 Å². The topological polar surface area (TPSA) is 43.1 Å². The third-order valence-corrected chi connectivity index (χ3v) is 1.52. The molecule has 0 heterocycles. The van der Waals surface area contributed by atoms with E-state index in [0.717, 1.165) is 0 Å². The maximum atomic E-state index is 10.2. The molecule has 0 unspecified atom stereocenters. The highest BCUT2D eigenvalue weighted by Crippen LogP contribution is 2.15. The van der Waals surface area contributed by atoms with Gasteiger partial charge in [-0.25, -0.2) is 0 Å². The maximum Gasteiger partial charge on any atom is 0.323 e. The summed E-state index contributed by atoms with van der Waals surface area (Å²) in [7, 11) is 0. The molecular formula is C6H6NO2S+. The summed E-state index contributed by atoms with van der Waals surface area (Å²) in [5, 5.41) is 10.2. The normalized spacial score (nSPS) is 9.30. The first-order valence-electron chi connectivity index (χ1n) is 2.67. The smallest absolute Gasteiger partial charge is 0.258 e. The summed E-state index contributed by atoms with van der Waals surface area (Å²) in [4.78, 5) is 10.3. The molecule has 0 bridgehead atoms. The van der Waals surface area contributed by atoms with E-state index < -0.39 is 4.92 Å². The molecule has 0 fully saturated rings. The fraction of sp³-hybridized carbons (Fsp3) is 0. The van der Waals surface area contributed by atoms with Gasteiger partial charge in [0.1, 0.15) is 0 Å². The van der Waals surface area contributed by atoms with Crippen molar-refractivity contribution >= 4 is 18.3 Å². The molecule has 0 saturated heterocycles. The minimum Gasteiger partial charge on any atom is -0.258 e. The van der Waals surface area contributed by atoms with Gasteiger partial charge in [-0.2, -0.15) is 0 Å². The minimum absolute atomic E-state index is 0.0965. The van der Waals surface area contributed by atoms with Crippen LogP contribution in [0.15, 0.2) is 29.2 Å². The van der Waals surface area contributed by atoms with Crippen LogP contribution in [-0.2, 0) is 12.6 Å². The lowest BCUT2D eigenvalue weighted by atomic mass is 10.3. The first-order valence-corrected chi connectivity index (χ1v) is 3.17. The zero-order valence-electron chi connectivity index (χ0n) is 5.07. The second kappa shape index (κ2) is 2.70. The summed E-state index contributed by atoms with van der Waals surface area (Å²) < 4.78 is 0. The summed E-state index contributed by atoms with van der Waals surface area (Å²) in [5.74, 6) is 0. The third kappa shape index (κ3) is 1.27. The van der Waals surface area contributed by atoms with Gasteiger partial charge in [-0.3, -0.25) is 10.1 Å². The van der Waals surface area contributed by atoms with Gasteiger partial charge in [0.05, 0.1) is 4.92 Å². The number of nitrogens with zero attached hydrogens (tertiary/aromatic N) is 1. The molecule has 1 aromatic carbocycles. The van der Waals surface area contributed by atoms with Crippen molar-refractivity contribution in [3.63, 3.8) is 0 Å². The predicted octanol–water partition coefficient (Wildman–Crippen LogP) is 0.965. The SMILES string of the molecule is O=[N+]([O-])c1ccccc1[SH2+]. The number of rotatable bonds is 1. The summed E-state index contributed by atoms with van der Waals surface area (Å²) in [5.41, 5.74) is 0.0965. The number of para-hydroxylation sites is 1. The zero-order valence-corrected chi connectivity index (χ0v) is 6.07. The van der Waals surface area contributed by atoms with Crippen LogP contribution in [0.3, 0.4) is 0 Å². The molecule has 0 aliphatic heterocycles. The second-order valence-corrected chi connectivity index (χ2v) is 2.31. The number of nitro groups is 1. The molecule has 1 rings (SSSR count). The highest BCUT2D eigenvalue weighted by atomic mass is 32.1. The van der Waals surface area contributed by atoms with Gasteiger partial charge in [-0.15, -0.1) is 0 Å². The molecule has 0 aliphatic rings. The Hall–Kier alpha value is -1.03. The van der Waals surface area contributed by atoms with Gasteiger partial charge in [-0.05, 0) is 0 Å². The number of hydrogen-bond donors (Lipinski definition) is 0. The summed E-state index contributed by atoms with van der Waals surface area (Å²) >= 11 is 3.10. The van der Waals surface area contributed by atoms with Crippen LogP contribution in [0.4, 0.5) is 5.69 Å². The van der Waals surface area contributed by atoms with Gasteiger partial charge in [0.15, 0.2) is 0 Å². The first kappa shape index (κ1) is 7.08. The van der Waals surface area contributed by atoms with Crippen molar-refractivity contribution in [1.29, 1.82) is 0 Å². The Labute approximate surface area is 63.2 Å². The van der Waals surface area contributed by atoms with Gasteiger partial charge in [0.25, 0.3) is 0 Å². The van der Waals surface area contributed by atoms with Crippen molar-refractivity contribution in [1.82, 2.24) is 0 Å². The first-order chi connectivity index (χ1) is 4.72. The Balaban J connectivity index is 3.15. The van der Waals surface area contributed by atoms with Crippen LogP contribution in [-0.4, -0.2) is 4.92 Å². The fourth-order valence-corrected chi connectivity index (χ4v) is 0.904. The Morgan fingerprint density at radius 2 is 2.00 bits per heavy atom. The lowest BCUT2D eigenvalue weighted by molar-refractivity contribution is -0.387. The molecule has 3 nitrogen and oxygen atoms in total. The van der Waals surface area contributed by atoms with E-state index in [9.17, 15) is 10.1 Å². The number of hydrogen-bond acceptors (Lipinski definition) is 2. The van der Waals surface area contributed by atoms with Crippen LogP contribution in [0.25, 0.3) is 0 Å². The number of nitro benzene ring substituents is 1. The highest BCUT2D eigenvalue weighted by Gasteiger charge is 2.12. The van der Waals surface area contributed by atoms with E-state index in [0.29, 0.717) is 4.90 Å². The minimum atomic E-state index is -0.428. The lowest BCUT2D eigenvalue weighted by Gasteiger charge is -1.87. The van der Waals surface area contributed by atoms with Crippen LogP contribution < -0.4 is 0 Å². The van der Waals surface area contributed by atoms with Crippen LogP contribution >= 0.6 is 0 Å². The second-order valence-electron chi connectivity index (χ2n) is 1.77. The average molecular weight is 156 g/mol. The third-order valence-electron chi connectivity index (χ3n) is 1.10. The highest BCUT2D eigenvalue weighted by molar-refractivity contribution is 7.59. The Kier molecular flexibility index (Phi) is 1.91. The molecule has 0 aliphatic carbocycles. The van der Waals surface area contributed by atoms with Crippen molar-refractivity contribution in [2.24, 2.45) is 0 Å². The van der Waals surface area contributed by atoms with Gasteiger partial charge in [0.2, 0.25) is 4.90 Å². The zero-order chi connectivity index (χ0) is 7.56. The Morgan fingerprint density at radius 1 is 1.40 bits per heavy atom. The van der Waals surface area contributed by atoms with Crippen molar-refractivity contribution in [2.45, 2.75) is 4.90 Å². The molecule has 0 amide bonds. The summed E-state index contributed by atoms with van der Waals surface area (Å²) in [6.07, 6.45) is 0. The van der Waals surface area contributed by atoms with E-state index >= 15 is 0 Å². The van der Waals surface area contributed by atoms with Crippen LogP contribution in [0, 0.1) is 10.1 Å². The van der Waals surface area contributed by atoms with Gasteiger partial charge >= 0.3 is 5.69 Å². The van der Waals surface area contributed by atoms with E-state index in [-0.39, 0.29) is 5.69 Å². The average Bonchev–Trinajstić information content (AvgIpc) is 1.88. The standard InChI is InChI=1S/C6H5NO2S/c8-7(9)5-3-1-2-4-6(5)10/h1-4,10H/p+1. The van der Waals surface area contributed by atoms with Crippen molar-refractivity contribution in [2.75, 3.05) is 0 Å². The van der Waals surface area contributed by atoms with Gasteiger partial charge < -0.3 is 0 Å². The van der Waals surface area contributed by atoms with E-state index in [4.69, 9.17) is 0 Å². The molecule has 0 atom stereocenters. The monoisotopic (exact) mass is 156 g/mol. The molecule has 10 heavy (non-hydrogen) atoms. The van der Waals surface area contributed by atoms with E-state index in [2.05, 4.69) is 12.6 Å². The van der Waals surface area contributed by atoms with Crippen molar-refractivity contribution < 1.29 is 4.92 Å². The molecule has 52 valence electrons. The predicted molar refractivity (Wildman–Crippen MR) is 41.5 cm³/mol. The molecule has 4 heteroatoms. The van der Waals surface area contributed by atoms with Crippen LogP contribution in [0.2, 0.25) is 0 Å². The van der Waals surface area contributed by atoms with Crippen LogP contribution in [0.1, 0.15) is 0 Å². The van der Waals surface area contributed by atoms with Crippen molar-refractivity contribution in [3.8, 4) is 0 Å². The Morgan fingerprint density at radius 3 is 2.40 bits per heavy atom. The fourth-order valence-electron chi connectivity index (χ4n) is 0.633.